The maximum absolute atomic E-state index is 12.7. The van der Waals surface area contributed by atoms with Crippen molar-refractivity contribution in [1.29, 1.82) is 0 Å². The molecule has 178 valence electrons. The van der Waals surface area contributed by atoms with Gasteiger partial charge >= 0.3 is 12.1 Å². The fraction of sp³-hybridized carbons (Fsp3) is 0.333. The van der Waals surface area contributed by atoms with Crippen LogP contribution in [-0.2, 0) is 17.4 Å². The zero-order valence-corrected chi connectivity index (χ0v) is 20.4. The molecule has 2 heterocycles. The molecule has 0 saturated carbocycles. The van der Waals surface area contributed by atoms with Crippen LogP contribution in [0.25, 0.3) is 11.1 Å². The Morgan fingerprint density at radius 1 is 1.12 bits per heavy atom. The third-order valence-electron chi connectivity index (χ3n) is 4.62. The molecule has 0 atom stereocenters. The van der Waals surface area contributed by atoms with Crippen molar-refractivity contribution in [3.05, 3.63) is 53.3 Å². The third kappa shape index (κ3) is 7.05. The zero-order valence-electron chi connectivity index (χ0n) is 18.0. The van der Waals surface area contributed by atoms with Gasteiger partial charge in [0.25, 0.3) is 0 Å². The lowest BCUT2D eigenvalue weighted by Crippen LogP contribution is -2.26. The van der Waals surface area contributed by atoms with Gasteiger partial charge in [-0.05, 0) is 31.5 Å². The number of halogens is 4. The first kappa shape index (κ1) is 26.9. The van der Waals surface area contributed by atoms with Crippen molar-refractivity contribution in [2.45, 2.75) is 35.5 Å². The highest BCUT2D eigenvalue weighted by Gasteiger charge is 2.30. The van der Waals surface area contributed by atoms with Crippen molar-refractivity contribution in [2.75, 3.05) is 18.5 Å². The number of carbonyl (C=O) groups is 1. The number of nitrogens with zero attached hydrogens (tertiary/aromatic N) is 4. The summed E-state index contributed by atoms with van der Waals surface area (Å²) in [6.07, 6.45) is -0.587. The normalized spacial score (nSPS) is 11.7. The number of alkyl halides is 3. The lowest BCUT2D eigenvalue weighted by molar-refractivity contribution is -0.139. The maximum Gasteiger partial charge on any atom is 0.416 e. The molecule has 0 fully saturated rings. The number of thioether (sulfide) groups is 1. The highest BCUT2D eigenvalue weighted by molar-refractivity contribution is 8.02. The first-order valence-electron chi connectivity index (χ1n) is 9.53. The van der Waals surface area contributed by atoms with Gasteiger partial charge in [-0.15, -0.1) is 23.7 Å². The van der Waals surface area contributed by atoms with E-state index in [4.69, 9.17) is 0 Å². The van der Waals surface area contributed by atoms with E-state index in [0.717, 1.165) is 17.8 Å². The van der Waals surface area contributed by atoms with Gasteiger partial charge in [0.15, 0.2) is 4.34 Å². The first-order chi connectivity index (χ1) is 15.0. The van der Waals surface area contributed by atoms with Crippen molar-refractivity contribution in [3.63, 3.8) is 0 Å². The van der Waals surface area contributed by atoms with Crippen molar-refractivity contribution in [1.82, 2.24) is 15.0 Å². The summed E-state index contributed by atoms with van der Waals surface area (Å²) in [5.41, 5.74) is 1.38. The lowest BCUT2D eigenvalue weighted by atomic mass is 10.1. The van der Waals surface area contributed by atoms with Crippen molar-refractivity contribution >= 4 is 47.4 Å². The number of thiazole rings is 1. The zero-order chi connectivity index (χ0) is 23.5. The van der Waals surface area contributed by atoms with Gasteiger partial charge in [-0.25, -0.2) is 15.0 Å². The molecule has 0 aliphatic rings. The molecule has 0 aliphatic heterocycles. The van der Waals surface area contributed by atoms with Crippen molar-refractivity contribution in [3.8, 4) is 11.1 Å². The molecule has 0 amide bonds. The molecule has 3 aromatic rings. The summed E-state index contributed by atoms with van der Waals surface area (Å²) in [6, 6.07) is 4.86. The predicted octanol–water partition coefficient (Wildman–Crippen LogP) is 5.67. The van der Waals surface area contributed by atoms with E-state index < -0.39 is 22.5 Å². The molecule has 3 rings (SSSR count). The Balaban J connectivity index is 0.00000385. The van der Waals surface area contributed by atoms with Gasteiger partial charge in [0.05, 0.1) is 11.3 Å². The number of rotatable bonds is 8. The number of benzene rings is 1. The summed E-state index contributed by atoms with van der Waals surface area (Å²) in [6.45, 7) is 3.87. The van der Waals surface area contributed by atoms with Gasteiger partial charge in [0.1, 0.15) is 4.75 Å². The highest BCUT2D eigenvalue weighted by Crippen LogP contribution is 2.35. The molecule has 1 aromatic carbocycles. The first-order valence-corrected chi connectivity index (χ1v) is 11.2. The number of hydrogen-bond acceptors (Lipinski definition) is 7. The Bertz CT molecular complexity index is 1070. The Morgan fingerprint density at radius 3 is 2.27 bits per heavy atom. The van der Waals surface area contributed by atoms with Crippen LogP contribution in [0.3, 0.4) is 0 Å². The van der Waals surface area contributed by atoms with Crippen LogP contribution in [0.15, 0.2) is 46.4 Å². The molecule has 0 spiro atoms. The van der Waals surface area contributed by atoms with Crippen LogP contribution in [0.2, 0.25) is 0 Å². The van der Waals surface area contributed by atoms with Gasteiger partial charge in [0.2, 0.25) is 5.95 Å². The molecule has 12 heteroatoms. The summed E-state index contributed by atoms with van der Waals surface area (Å²) >= 11 is 2.63. The monoisotopic (exact) mass is 518 g/mol. The standard InChI is InChI=1S/C21H21F3N4O2S2.ClH/c1-20(2,17(29)30)32-19-27-16(12-31-19)8-9-28(3)18-25-10-14(11-26-18)13-4-6-15(7-5-13)21(22,23)24;/h4-7,10-12H,8-9H2,1-3H3,(H,29,30);1H. The number of aromatic nitrogens is 3. The summed E-state index contributed by atoms with van der Waals surface area (Å²) in [5.74, 6) is -0.409. The molecule has 6 nitrogen and oxygen atoms in total. The Morgan fingerprint density at radius 2 is 1.73 bits per heavy atom. The van der Waals surface area contributed by atoms with E-state index in [1.165, 1.54) is 35.2 Å². The van der Waals surface area contributed by atoms with Gasteiger partial charge in [-0.2, -0.15) is 13.2 Å². The molecular weight excluding hydrogens is 497 g/mol. The second kappa shape index (κ2) is 10.7. The molecule has 0 aliphatic carbocycles. The summed E-state index contributed by atoms with van der Waals surface area (Å²) in [7, 11) is 1.84. The number of aliphatic carboxylic acids is 1. The van der Waals surface area contributed by atoms with Crippen LogP contribution in [-0.4, -0.2) is 44.4 Å². The number of carboxylic acids is 1. The van der Waals surface area contributed by atoms with Gasteiger partial charge < -0.3 is 10.0 Å². The quantitative estimate of drug-likeness (QED) is 0.384. The fourth-order valence-corrected chi connectivity index (χ4v) is 4.84. The molecule has 0 bridgehead atoms. The van der Waals surface area contributed by atoms with E-state index in [-0.39, 0.29) is 12.4 Å². The van der Waals surface area contributed by atoms with E-state index in [1.807, 2.05) is 17.3 Å². The van der Waals surface area contributed by atoms with Crippen LogP contribution in [0, 0.1) is 0 Å². The molecule has 1 N–H and O–H groups in total. The van der Waals surface area contributed by atoms with E-state index >= 15 is 0 Å². The Kier molecular flexibility index (Phi) is 8.72. The number of hydrogen-bond donors (Lipinski definition) is 1. The van der Waals surface area contributed by atoms with Crippen LogP contribution >= 0.6 is 35.5 Å². The molecule has 0 saturated heterocycles. The average Bonchev–Trinajstić information content (AvgIpc) is 3.18. The van der Waals surface area contributed by atoms with Crippen LogP contribution in [0.4, 0.5) is 19.1 Å². The van der Waals surface area contributed by atoms with Gasteiger partial charge in [0, 0.05) is 43.4 Å². The lowest BCUT2D eigenvalue weighted by Gasteiger charge is -2.17. The second-order valence-corrected chi connectivity index (χ2v) is 10.3. The second-order valence-electron chi connectivity index (χ2n) is 7.54. The van der Waals surface area contributed by atoms with E-state index in [9.17, 15) is 23.1 Å². The van der Waals surface area contributed by atoms with E-state index in [0.29, 0.717) is 34.4 Å². The maximum atomic E-state index is 12.7. The Labute approximate surface area is 203 Å². The molecule has 0 radical (unpaired) electrons. The molecular formula is C21H22ClF3N4O2S2. The fourth-order valence-electron chi connectivity index (χ4n) is 2.61. The predicted molar refractivity (Wildman–Crippen MR) is 126 cm³/mol. The van der Waals surface area contributed by atoms with E-state index in [1.54, 1.807) is 26.2 Å². The third-order valence-corrected chi connectivity index (χ3v) is 6.79. The van der Waals surface area contributed by atoms with Gasteiger partial charge in [-0.1, -0.05) is 23.9 Å². The minimum absolute atomic E-state index is 0. The van der Waals surface area contributed by atoms with E-state index in [2.05, 4.69) is 15.0 Å². The molecule has 2 aromatic heterocycles. The van der Waals surface area contributed by atoms with Crippen LogP contribution in [0.5, 0.6) is 0 Å². The average molecular weight is 519 g/mol. The van der Waals surface area contributed by atoms with Crippen molar-refractivity contribution < 1.29 is 23.1 Å². The highest BCUT2D eigenvalue weighted by atomic mass is 35.5. The molecule has 0 unspecified atom stereocenters. The smallest absolute Gasteiger partial charge is 0.416 e. The Hall–Kier alpha value is -2.37. The minimum atomic E-state index is -4.37. The summed E-state index contributed by atoms with van der Waals surface area (Å²) < 4.78 is 37.9. The number of likely N-dealkylation sites (N-methyl/N-ethyl adjacent to an activating group) is 1. The number of carboxylic acid groups (broad SMARTS) is 1. The van der Waals surface area contributed by atoms with Crippen LogP contribution < -0.4 is 4.90 Å². The van der Waals surface area contributed by atoms with Crippen LogP contribution in [0.1, 0.15) is 25.1 Å². The summed E-state index contributed by atoms with van der Waals surface area (Å²) in [4.78, 5) is 26.2. The van der Waals surface area contributed by atoms with Gasteiger partial charge in [-0.3, -0.25) is 4.79 Å². The van der Waals surface area contributed by atoms with Crippen molar-refractivity contribution in [2.24, 2.45) is 0 Å². The SMILES string of the molecule is CN(CCc1csc(SC(C)(C)C(=O)O)n1)c1ncc(-c2ccc(C(F)(F)F)cc2)cn1.Cl. The summed E-state index contributed by atoms with van der Waals surface area (Å²) in [5, 5.41) is 11.1. The topological polar surface area (TPSA) is 79.2 Å². The largest absolute Gasteiger partial charge is 0.480 e. The molecule has 33 heavy (non-hydrogen) atoms. The number of anilines is 1. The minimum Gasteiger partial charge on any atom is -0.480 e.